The second kappa shape index (κ2) is 8.57. The van der Waals surface area contributed by atoms with Crippen LogP contribution in [0.25, 0.3) is 0 Å². The average Bonchev–Trinajstić information content (AvgIpc) is 2.82. The number of nitrogens with zero attached hydrogens (tertiary/aromatic N) is 1. The topological polar surface area (TPSA) is 50.4 Å². The number of hydrogen-bond acceptors (Lipinski definition) is 2. The zero-order chi connectivity index (χ0) is 13.3. The molecular formula is C16H31N3. The molecule has 3 heteroatoms. The van der Waals surface area contributed by atoms with E-state index in [0.717, 1.165) is 18.2 Å². The Kier molecular flexibility index (Phi) is 6.69. The molecule has 2 aliphatic rings. The zero-order valence-electron chi connectivity index (χ0n) is 12.4. The highest BCUT2D eigenvalue weighted by atomic mass is 15.3. The first-order chi connectivity index (χ1) is 9.38. The summed E-state index contributed by atoms with van der Waals surface area (Å²) in [5, 5.41) is 0. The summed E-state index contributed by atoms with van der Waals surface area (Å²) < 4.78 is 0. The number of rotatable bonds is 3. The first-order valence-electron chi connectivity index (χ1n) is 8.42. The minimum atomic E-state index is 0.527. The monoisotopic (exact) mass is 265 g/mol. The Morgan fingerprint density at radius 1 is 0.842 bits per heavy atom. The maximum Gasteiger partial charge on any atom is 0.111 e. The molecule has 0 spiro atoms. The number of hydrogen-bond donors (Lipinski definition) is 2. The Hall–Kier alpha value is -0.570. The molecule has 3 N–H and O–H groups in total. The molecule has 110 valence electrons. The van der Waals surface area contributed by atoms with Gasteiger partial charge in [0.15, 0.2) is 0 Å². The largest absolute Gasteiger partial charge is 0.312 e. The summed E-state index contributed by atoms with van der Waals surface area (Å²) in [4.78, 5) is 4.92. The smallest absolute Gasteiger partial charge is 0.111 e. The molecule has 0 radical (unpaired) electrons. The van der Waals surface area contributed by atoms with Crippen molar-refractivity contribution in [2.45, 2.75) is 89.5 Å². The summed E-state index contributed by atoms with van der Waals surface area (Å²) in [5.74, 6) is 7.58. The van der Waals surface area contributed by atoms with E-state index < -0.39 is 0 Å². The molecule has 3 nitrogen and oxygen atoms in total. The number of nitrogens with one attached hydrogen (secondary N) is 1. The molecule has 2 fully saturated rings. The van der Waals surface area contributed by atoms with E-state index in [2.05, 4.69) is 5.43 Å². The molecule has 0 aromatic rings. The molecular weight excluding hydrogens is 234 g/mol. The lowest BCUT2D eigenvalue weighted by Crippen LogP contribution is -2.33. The summed E-state index contributed by atoms with van der Waals surface area (Å²) in [6.07, 6.45) is 17.4. The van der Waals surface area contributed by atoms with Crippen LogP contribution >= 0.6 is 0 Å². The second-order valence-corrected chi connectivity index (χ2v) is 6.43. The molecule has 2 saturated carbocycles. The van der Waals surface area contributed by atoms with Gasteiger partial charge in [-0.05, 0) is 18.8 Å². The van der Waals surface area contributed by atoms with Crippen molar-refractivity contribution in [1.82, 2.24) is 5.43 Å². The van der Waals surface area contributed by atoms with E-state index in [0.29, 0.717) is 6.04 Å². The van der Waals surface area contributed by atoms with Crippen molar-refractivity contribution < 1.29 is 0 Å². The van der Waals surface area contributed by atoms with Gasteiger partial charge in [-0.2, -0.15) is 0 Å². The van der Waals surface area contributed by atoms with Crippen LogP contribution in [-0.2, 0) is 0 Å². The van der Waals surface area contributed by atoms with E-state index in [-0.39, 0.29) is 0 Å². The molecule has 0 bridgehead atoms. The Balaban J connectivity index is 1.86. The van der Waals surface area contributed by atoms with E-state index in [1.165, 1.54) is 77.0 Å². The van der Waals surface area contributed by atoms with Gasteiger partial charge in [-0.1, -0.05) is 64.2 Å². The predicted octanol–water partition coefficient (Wildman–Crippen LogP) is 3.93. The van der Waals surface area contributed by atoms with Crippen molar-refractivity contribution >= 4 is 5.84 Å². The van der Waals surface area contributed by atoms with Gasteiger partial charge in [-0.15, -0.1) is 0 Å². The van der Waals surface area contributed by atoms with Crippen molar-refractivity contribution in [3.05, 3.63) is 0 Å². The molecule has 0 aromatic heterocycles. The summed E-state index contributed by atoms with van der Waals surface area (Å²) in [6, 6.07) is 0.527. The van der Waals surface area contributed by atoms with Gasteiger partial charge in [-0.3, -0.25) is 4.99 Å². The van der Waals surface area contributed by atoms with E-state index in [1.54, 1.807) is 0 Å². The summed E-state index contributed by atoms with van der Waals surface area (Å²) >= 11 is 0. The van der Waals surface area contributed by atoms with Crippen molar-refractivity contribution in [2.24, 2.45) is 16.8 Å². The van der Waals surface area contributed by atoms with Crippen LogP contribution in [0.3, 0.4) is 0 Å². The molecule has 0 heterocycles. The van der Waals surface area contributed by atoms with E-state index in [9.17, 15) is 0 Å². The van der Waals surface area contributed by atoms with Gasteiger partial charge in [0.25, 0.3) is 0 Å². The molecule has 19 heavy (non-hydrogen) atoms. The lowest BCUT2D eigenvalue weighted by atomic mass is 9.96. The van der Waals surface area contributed by atoms with Gasteiger partial charge in [0.05, 0.1) is 6.04 Å². The maximum absolute atomic E-state index is 5.70. The minimum absolute atomic E-state index is 0.527. The highest BCUT2D eigenvalue weighted by Gasteiger charge is 2.16. The fraction of sp³-hybridized carbons (Fsp3) is 0.938. The molecule has 0 saturated heterocycles. The third kappa shape index (κ3) is 5.52. The first kappa shape index (κ1) is 14.8. The quantitative estimate of drug-likeness (QED) is 0.267. The van der Waals surface area contributed by atoms with Crippen LogP contribution in [-0.4, -0.2) is 11.9 Å². The SMILES string of the molecule is NNC(CC1CCCCCC1)=NC1CCCCCC1. The van der Waals surface area contributed by atoms with E-state index in [4.69, 9.17) is 10.8 Å². The molecule has 2 rings (SSSR count). The number of aliphatic imine (C=N–C) groups is 1. The number of hydrazine groups is 1. The van der Waals surface area contributed by atoms with E-state index >= 15 is 0 Å². The summed E-state index contributed by atoms with van der Waals surface area (Å²) in [5.41, 5.74) is 2.89. The predicted molar refractivity (Wildman–Crippen MR) is 82.1 cm³/mol. The van der Waals surface area contributed by atoms with Crippen LogP contribution in [0.2, 0.25) is 0 Å². The van der Waals surface area contributed by atoms with Gasteiger partial charge in [0.2, 0.25) is 0 Å². The van der Waals surface area contributed by atoms with Crippen molar-refractivity contribution in [3.8, 4) is 0 Å². The molecule has 2 aliphatic carbocycles. The highest BCUT2D eigenvalue weighted by molar-refractivity contribution is 5.82. The van der Waals surface area contributed by atoms with Gasteiger partial charge >= 0.3 is 0 Å². The van der Waals surface area contributed by atoms with Crippen LogP contribution < -0.4 is 11.3 Å². The second-order valence-electron chi connectivity index (χ2n) is 6.43. The summed E-state index contributed by atoms with van der Waals surface area (Å²) in [7, 11) is 0. The Labute approximate surface area is 118 Å². The maximum atomic E-state index is 5.70. The lowest BCUT2D eigenvalue weighted by Gasteiger charge is -2.17. The Morgan fingerprint density at radius 2 is 1.37 bits per heavy atom. The normalized spacial score (nSPS) is 24.8. The molecule has 0 aliphatic heterocycles. The molecule has 0 aromatic carbocycles. The number of nitrogens with two attached hydrogens (primary N) is 1. The van der Waals surface area contributed by atoms with Crippen LogP contribution in [0.4, 0.5) is 0 Å². The first-order valence-corrected chi connectivity index (χ1v) is 8.42. The van der Waals surface area contributed by atoms with Crippen molar-refractivity contribution in [1.29, 1.82) is 0 Å². The highest BCUT2D eigenvalue weighted by Crippen LogP contribution is 2.26. The Morgan fingerprint density at radius 3 is 1.89 bits per heavy atom. The third-order valence-corrected chi connectivity index (χ3v) is 4.79. The molecule has 0 amide bonds. The molecule has 0 atom stereocenters. The molecule has 0 unspecified atom stereocenters. The van der Waals surface area contributed by atoms with Crippen molar-refractivity contribution in [3.63, 3.8) is 0 Å². The van der Waals surface area contributed by atoms with Gasteiger partial charge in [-0.25, -0.2) is 5.84 Å². The zero-order valence-corrected chi connectivity index (χ0v) is 12.4. The fourth-order valence-electron chi connectivity index (χ4n) is 3.60. The van der Waals surface area contributed by atoms with E-state index in [1.807, 2.05) is 0 Å². The Bertz CT molecular complexity index is 259. The van der Waals surface area contributed by atoms with Crippen molar-refractivity contribution in [2.75, 3.05) is 0 Å². The fourth-order valence-corrected chi connectivity index (χ4v) is 3.60. The standard InChI is InChI=1S/C16H31N3/c17-19-16(13-14-9-5-1-2-6-10-14)18-15-11-7-3-4-8-12-15/h14-15H,1-13,17H2,(H,18,19). The third-order valence-electron chi connectivity index (χ3n) is 4.79. The lowest BCUT2D eigenvalue weighted by molar-refractivity contribution is 0.469. The van der Waals surface area contributed by atoms with Crippen LogP contribution in [0.15, 0.2) is 4.99 Å². The minimum Gasteiger partial charge on any atom is -0.312 e. The van der Waals surface area contributed by atoms with Crippen LogP contribution in [0.5, 0.6) is 0 Å². The van der Waals surface area contributed by atoms with Crippen LogP contribution in [0, 0.1) is 5.92 Å². The van der Waals surface area contributed by atoms with Gasteiger partial charge in [0.1, 0.15) is 5.84 Å². The van der Waals surface area contributed by atoms with Gasteiger partial charge in [0, 0.05) is 6.42 Å². The average molecular weight is 265 g/mol. The van der Waals surface area contributed by atoms with Gasteiger partial charge < -0.3 is 5.43 Å². The summed E-state index contributed by atoms with van der Waals surface area (Å²) in [6.45, 7) is 0. The van der Waals surface area contributed by atoms with Crippen LogP contribution in [0.1, 0.15) is 83.5 Å². The number of amidine groups is 1.